The van der Waals surface area contributed by atoms with Gasteiger partial charge in [0.25, 0.3) is 6.47 Å². The second kappa shape index (κ2) is 9.12. The molecular formula is C14H23N3O4. The predicted octanol–water partition coefficient (Wildman–Crippen LogP) is 1.21. The average molecular weight is 297 g/mol. The van der Waals surface area contributed by atoms with Gasteiger partial charge in [-0.3, -0.25) is 9.59 Å². The fraction of sp³-hybridized carbons (Fsp3) is 0.643. The molecule has 0 bridgehead atoms. The lowest BCUT2D eigenvalue weighted by atomic mass is 10.1. The van der Waals surface area contributed by atoms with Crippen molar-refractivity contribution in [3.8, 4) is 0 Å². The topological polar surface area (TPSA) is 93.5 Å². The summed E-state index contributed by atoms with van der Waals surface area (Å²) in [7, 11) is 0. The molecule has 1 saturated heterocycles. The van der Waals surface area contributed by atoms with Crippen molar-refractivity contribution >= 4 is 12.4 Å². The van der Waals surface area contributed by atoms with Crippen LogP contribution in [0.15, 0.2) is 12.4 Å². The highest BCUT2D eigenvalue weighted by Gasteiger charge is 2.19. The van der Waals surface area contributed by atoms with Crippen LogP contribution in [0.3, 0.4) is 0 Å². The standard InChI is InChI=1S/C13H21N3O2.CH2O2/c1-10(2)16-5-4-14-12(16)8-15-13(17)7-11-3-6-18-9-11;2-1-3/h4-5,10-11H,3,6-9H2,1-2H3,(H,15,17);1H,(H,2,3). The van der Waals surface area contributed by atoms with Gasteiger partial charge in [0.05, 0.1) is 6.54 Å². The first kappa shape index (κ1) is 17.2. The third-order valence-corrected chi connectivity index (χ3v) is 3.25. The maximum absolute atomic E-state index is 11.8. The van der Waals surface area contributed by atoms with Crippen LogP contribution in [0.25, 0.3) is 0 Å². The Kier molecular flexibility index (Phi) is 7.45. The van der Waals surface area contributed by atoms with E-state index < -0.39 is 0 Å². The molecule has 0 saturated carbocycles. The van der Waals surface area contributed by atoms with E-state index in [0.29, 0.717) is 31.5 Å². The van der Waals surface area contributed by atoms with Crippen molar-refractivity contribution in [3.05, 3.63) is 18.2 Å². The summed E-state index contributed by atoms with van der Waals surface area (Å²) in [4.78, 5) is 24.4. The molecule has 7 nitrogen and oxygen atoms in total. The zero-order valence-corrected chi connectivity index (χ0v) is 12.5. The van der Waals surface area contributed by atoms with Gasteiger partial charge in [-0.25, -0.2) is 4.98 Å². The Morgan fingerprint density at radius 1 is 1.67 bits per heavy atom. The van der Waals surface area contributed by atoms with E-state index in [-0.39, 0.29) is 12.4 Å². The summed E-state index contributed by atoms with van der Waals surface area (Å²) in [6, 6.07) is 0.364. The molecule has 21 heavy (non-hydrogen) atoms. The van der Waals surface area contributed by atoms with Crippen LogP contribution in [0.4, 0.5) is 0 Å². The number of aromatic nitrogens is 2. The van der Waals surface area contributed by atoms with Crippen LogP contribution in [0.2, 0.25) is 0 Å². The zero-order chi connectivity index (χ0) is 15.7. The Labute approximate surface area is 124 Å². The van der Waals surface area contributed by atoms with Crippen LogP contribution >= 0.6 is 0 Å². The summed E-state index contributed by atoms with van der Waals surface area (Å²) >= 11 is 0. The van der Waals surface area contributed by atoms with E-state index in [9.17, 15) is 4.79 Å². The maximum Gasteiger partial charge on any atom is 0.290 e. The van der Waals surface area contributed by atoms with Gasteiger partial charge in [-0.05, 0) is 26.2 Å². The van der Waals surface area contributed by atoms with Crippen molar-refractivity contribution in [3.63, 3.8) is 0 Å². The van der Waals surface area contributed by atoms with E-state index in [0.717, 1.165) is 18.9 Å². The lowest BCUT2D eigenvalue weighted by Gasteiger charge is -2.12. The first-order valence-corrected chi connectivity index (χ1v) is 7.02. The number of rotatable bonds is 5. The summed E-state index contributed by atoms with van der Waals surface area (Å²) in [5, 5.41) is 9.82. The number of amides is 1. The number of hydrogen-bond donors (Lipinski definition) is 2. The number of carbonyl (C=O) groups excluding carboxylic acids is 1. The Morgan fingerprint density at radius 2 is 2.38 bits per heavy atom. The van der Waals surface area contributed by atoms with Crippen LogP contribution in [0.5, 0.6) is 0 Å². The smallest absolute Gasteiger partial charge is 0.290 e. The minimum absolute atomic E-state index is 0.0869. The molecule has 2 N–H and O–H groups in total. The molecule has 7 heteroatoms. The van der Waals surface area contributed by atoms with Crippen molar-refractivity contribution in [2.75, 3.05) is 13.2 Å². The first-order chi connectivity index (χ1) is 10.1. The van der Waals surface area contributed by atoms with E-state index in [1.165, 1.54) is 0 Å². The fourth-order valence-electron chi connectivity index (χ4n) is 2.21. The average Bonchev–Trinajstić information content (AvgIpc) is 3.07. The second-order valence-electron chi connectivity index (χ2n) is 5.16. The molecule has 2 rings (SSSR count). The van der Waals surface area contributed by atoms with E-state index in [4.69, 9.17) is 14.6 Å². The van der Waals surface area contributed by atoms with Crippen molar-refractivity contribution in [2.45, 2.75) is 39.3 Å². The van der Waals surface area contributed by atoms with Gasteiger partial charge in [-0.1, -0.05) is 0 Å². The highest BCUT2D eigenvalue weighted by molar-refractivity contribution is 5.76. The maximum atomic E-state index is 11.8. The largest absolute Gasteiger partial charge is 0.483 e. The quantitative estimate of drug-likeness (QED) is 0.797. The van der Waals surface area contributed by atoms with Gasteiger partial charge in [-0.15, -0.1) is 0 Å². The van der Waals surface area contributed by atoms with Gasteiger partial charge in [-0.2, -0.15) is 0 Å². The number of ether oxygens (including phenoxy) is 1. The first-order valence-electron chi connectivity index (χ1n) is 7.02. The van der Waals surface area contributed by atoms with Crippen LogP contribution in [0.1, 0.15) is 38.6 Å². The summed E-state index contributed by atoms with van der Waals surface area (Å²) < 4.78 is 7.33. The predicted molar refractivity (Wildman–Crippen MR) is 76.7 cm³/mol. The summed E-state index contributed by atoms with van der Waals surface area (Å²) in [6.07, 6.45) is 5.26. The van der Waals surface area contributed by atoms with E-state index in [1.54, 1.807) is 6.20 Å². The Balaban J connectivity index is 0.000000677. The normalized spacial score (nSPS) is 17.2. The molecule has 1 aromatic heterocycles. The number of nitrogens with zero attached hydrogens (tertiary/aromatic N) is 2. The Bertz CT molecular complexity index is 439. The Hall–Kier alpha value is -1.89. The Morgan fingerprint density at radius 3 is 2.95 bits per heavy atom. The minimum atomic E-state index is -0.250. The van der Waals surface area contributed by atoms with E-state index in [2.05, 4.69) is 28.7 Å². The van der Waals surface area contributed by atoms with Crippen molar-refractivity contribution in [1.29, 1.82) is 0 Å². The molecule has 2 heterocycles. The van der Waals surface area contributed by atoms with Gasteiger partial charge in [0.1, 0.15) is 5.82 Å². The van der Waals surface area contributed by atoms with Crippen LogP contribution in [-0.2, 0) is 20.9 Å². The highest BCUT2D eigenvalue weighted by atomic mass is 16.5. The lowest BCUT2D eigenvalue weighted by molar-refractivity contribution is -0.123. The number of carbonyl (C=O) groups is 2. The molecule has 0 radical (unpaired) electrons. The number of hydrogen-bond acceptors (Lipinski definition) is 4. The molecule has 0 aliphatic carbocycles. The summed E-state index contributed by atoms with van der Waals surface area (Å²) in [6.45, 7) is 5.95. The molecular weight excluding hydrogens is 274 g/mol. The summed E-state index contributed by atoms with van der Waals surface area (Å²) in [5.74, 6) is 1.37. The van der Waals surface area contributed by atoms with Gasteiger partial charge in [0.15, 0.2) is 0 Å². The number of imidazole rings is 1. The molecule has 1 unspecified atom stereocenters. The molecule has 1 amide bonds. The zero-order valence-electron chi connectivity index (χ0n) is 12.5. The van der Waals surface area contributed by atoms with Crippen molar-refractivity contribution in [2.24, 2.45) is 5.92 Å². The van der Waals surface area contributed by atoms with Crippen LogP contribution < -0.4 is 5.32 Å². The van der Waals surface area contributed by atoms with Gasteiger partial charge in [0, 0.05) is 38.1 Å². The van der Waals surface area contributed by atoms with Gasteiger partial charge in [0.2, 0.25) is 5.91 Å². The molecule has 1 aromatic rings. The highest BCUT2D eigenvalue weighted by Crippen LogP contribution is 2.16. The molecule has 1 fully saturated rings. The summed E-state index contributed by atoms with van der Waals surface area (Å²) in [5.41, 5.74) is 0. The third kappa shape index (κ3) is 5.95. The molecule has 0 spiro atoms. The van der Waals surface area contributed by atoms with Gasteiger partial charge < -0.3 is 19.7 Å². The van der Waals surface area contributed by atoms with Crippen molar-refractivity contribution in [1.82, 2.24) is 14.9 Å². The number of carboxylic acid groups (broad SMARTS) is 1. The molecule has 118 valence electrons. The monoisotopic (exact) mass is 297 g/mol. The molecule has 1 atom stereocenters. The van der Waals surface area contributed by atoms with Gasteiger partial charge >= 0.3 is 0 Å². The van der Waals surface area contributed by atoms with Crippen LogP contribution in [-0.4, -0.2) is 40.3 Å². The molecule has 1 aliphatic rings. The van der Waals surface area contributed by atoms with E-state index >= 15 is 0 Å². The van der Waals surface area contributed by atoms with Crippen molar-refractivity contribution < 1.29 is 19.4 Å². The number of nitrogens with one attached hydrogen (secondary N) is 1. The molecule has 0 aromatic carbocycles. The lowest BCUT2D eigenvalue weighted by Crippen LogP contribution is -2.27. The fourth-order valence-corrected chi connectivity index (χ4v) is 2.21. The second-order valence-corrected chi connectivity index (χ2v) is 5.16. The molecule has 1 aliphatic heterocycles. The SMILES string of the molecule is CC(C)n1ccnc1CNC(=O)CC1CCOC1.O=CO. The van der Waals surface area contributed by atoms with E-state index in [1.807, 2.05) is 6.20 Å². The minimum Gasteiger partial charge on any atom is -0.483 e. The third-order valence-electron chi connectivity index (χ3n) is 3.25. The van der Waals surface area contributed by atoms with Crippen LogP contribution in [0, 0.1) is 5.92 Å².